The lowest BCUT2D eigenvalue weighted by molar-refractivity contribution is -0.124. The van der Waals surface area contributed by atoms with Crippen LogP contribution in [-0.4, -0.2) is 34.5 Å². The van der Waals surface area contributed by atoms with E-state index in [-0.39, 0.29) is 24.2 Å². The molecule has 19 heavy (non-hydrogen) atoms. The first-order valence-electron chi connectivity index (χ1n) is 6.40. The molecular weight excluding hydrogens is 246 g/mol. The molecular formula is C13H17N3O3. The molecule has 6 heteroatoms. The van der Waals surface area contributed by atoms with Crippen LogP contribution in [0.25, 0.3) is 0 Å². The number of carbonyl (C=O) groups is 2. The monoisotopic (exact) mass is 263 g/mol. The third kappa shape index (κ3) is 4.01. The number of hydrogen-bond donors (Lipinski definition) is 1. The highest BCUT2D eigenvalue weighted by atomic mass is 16.5. The van der Waals surface area contributed by atoms with Crippen molar-refractivity contribution < 1.29 is 14.3 Å². The molecule has 2 rings (SSSR count). The Morgan fingerprint density at radius 2 is 2.05 bits per heavy atom. The summed E-state index contributed by atoms with van der Waals surface area (Å²) in [5.74, 6) is -0.894. The standard InChI is InChI=1S/C13H17N3O3/c1-9-6-15-11(7-14-9)13(18)19-8-12(17)16-10-4-2-3-5-10/h6-7,10H,2-5,8H2,1H3,(H,16,17). The molecule has 1 aromatic rings. The molecule has 0 aromatic carbocycles. The summed E-state index contributed by atoms with van der Waals surface area (Å²) in [5, 5.41) is 2.84. The number of esters is 1. The van der Waals surface area contributed by atoms with Gasteiger partial charge in [0.25, 0.3) is 5.91 Å². The lowest BCUT2D eigenvalue weighted by atomic mass is 10.2. The summed E-state index contributed by atoms with van der Waals surface area (Å²) in [4.78, 5) is 31.0. The SMILES string of the molecule is Cc1cnc(C(=O)OCC(=O)NC2CCCC2)cn1. The van der Waals surface area contributed by atoms with Crippen molar-refractivity contribution in [3.05, 3.63) is 23.8 Å². The van der Waals surface area contributed by atoms with Gasteiger partial charge in [-0.1, -0.05) is 12.8 Å². The molecule has 1 heterocycles. The van der Waals surface area contributed by atoms with Gasteiger partial charge in [0.2, 0.25) is 0 Å². The van der Waals surface area contributed by atoms with Crippen molar-refractivity contribution in [2.45, 2.75) is 38.6 Å². The van der Waals surface area contributed by atoms with Gasteiger partial charge in [-0.2, -0.15) is 0 Å². The molecule has 1 fully saturated rings. The number of nitrogens with zero attached hydrogens (tertiary/aromatic N) is 2. The van der Waals surface area contributed by atoms with E-state index in [2.05, 4.69) is 15.3 Å². The predicted octanol–water partition coefficient (Wildman–Crippen LogP) is 1.00. The van der Waals surface area contributed by atoms with Crippen LogP contribution in [0.2, 0.25) is 0 Å². The second kappa shape index (κ2) is 6.26. The van der Waals surface area contributed by atoms with E-state index >= 15 is 0 Å². The summed E-state index contributed by atoms with van der Waals surface area (Å²) in [6.45, 7) is 1.50. The second-order valence-electron chi connectivity index (χ2n) is 4.67. The van der Waals surface area contributed by atoms with Crippen LogP contribution in [0, 0.1) is 6.92 Å². The van der Waals surface area contributed by atoms with Crippen molar-refractivity contribution in [1.29, 1.82) is 0 Å². The van der Waals surface area contributed by atoms with E-state index in [4.69, 9.17) is 4.74 Å². The Hall–Kier alpha value is -1.98. The highest BCUT2D eigenvalue weighted by Crippen LogP contribution is 2.17. The first kappa shape index (κ1) is 13.5. The summed E-state index contributed by atoms with van der Waals surface area (Å²) in [7, 11) is 0. The summed E-state index contributed by atoms with van der Waals surface area (Å²) >= 11 is 0. The van der Waals surface area contributed by atoms with Gasteiger partial charge in [-0.15, -0.1) is 0 Å². The average molecular weight is 263 g/mol. The topological polar surface area (TPSA) is 81.2 Å². The van der Waals surface area contributed by atoms with Gasteiger partial charge < -0.3 is 10.1 Å². The normalized spacial score (nSPS) is 15.2. The zero-order valence-corrected chi connectivity index (χ0v) is 10.9. The predicted molar refractivity (Wildman–Crippen MR) is 67.5 cm³/mol. The summed E-state index contributed by atoms with van der Waals surface area (Å²) in [5.41, 5.74) is 0.829. The molecule has 0 radical (unpaired) electrons. The van der Waals surface area contributed by atoms with Gasteiger partial charge in [-0.3, -0.25) is 9.78 Å². The van der Waals surface area contributed by atoms with Crippen LogP contribution < -0.4 is 5.32 Å². The van der Waals surface area contributed by atoms with Crippen molar-refractivity contribution in [2.75, 3.05) is 6.61 Å². The molecule has 0 spiro atoms. The molecule has 0 saturated heterocycles. The van der Waals surface area contributed by atoms with Crippen LogP contribution in [0.15, 0.2) is 12.4 Å². The molecule has 1 saturated carbocycles. The number of aromatic nitrogens is 2. The van der Waals surface area contributed by atoms with Crippen molar-refractivity contribution in [3.8, 4) is 0 Å². The van der Waals surface area contributed by atoms with Crippen molar-refractivity contribution in [1.82, 2.24) is 15.3 Å². The minimum absolute atomic E-state index is 0.110. The van der Waals surface area contributed by atoms with Crippen molar-refractivity contribution in [3.63, 3.8) is 0 Å². The van der Waals surface area contributed by atoms with Crippen molar-refractivity contribution >= 4 is 11.9 Å². The van der Waals surface area contributed by atoms with E-state index in [1.165, 1.54) is 12.4 Å². The van der Waals surface area contributed by atoms with Gasteiger partial charge >= 0.3 is 5.97 Å². The first-order valence-corrected chi connectivity index (χ1v) is 6.40. The van der Waals surface area contributed by atoms with Gasteiger partial charge in [0.05, 0.1) is 11.9 Å². The van der Waals surface area contributed by atoms with Crippen LogP contribution >= 0.6 is 0 Å². The fraction of sp³-hybridized carbons (Fsp3) is 0.538. The van der Waals surface area contributed by atoms with Crippen molar-refractivity contribution in [2.24, 2.45) is 0 Å². The molecule has 1 amide bonds. The van der Waals surface area contributed by atoms with Crippen LogP contribution in [-0.2, 0) is 9.53 Å². The smallest absolute Gasteiger partial charge is 0.359 e. The second-order valence-corrected chi connectivity index (χ2v) is 4.67. The van der Waals surface area contributed by atoms with E-state index in [0.717, 1.165) is 31.4 Å². The first-order chi connectivity index (χ1) is 9.15. The highest BCUT2D eigenvalue weighted by molar-refractivity contribution is 5.89. The molecule has 1 aliphatic carbocycles. The maximum atomic E-state index is 11.6. The molecule has 102 valence electrons. The van der Waals surface area contributed by atoms with Crippen LogP contribution in [0.4, 0.5) is 0 Å². The Bertz CT molecular complexity index is 453. The summed E-state index contributed by atoms with van der Waals surface area (Å²) in [6, 6.07) is 0.227. The minimum atomic E-state index is -0.630. The number of nitrogens with one attached hydrogen (secondary N) is 1. The number of carbonyl (C=O) groups excluding carboxylic acids is 2. The largest absolute Gasteiger partial charge is 0.451 e. The highest BCUT2D eigenvalue weighted by Gasteiger charge is 2.18. The van der Waals surface area contributed by atoms with Gasteiger partial charge in [-0.25, -0.2) is 9.78 Å². The lowest BCUT2D eigenvalue weighted by Crippen LogP contribution is -2.36. The van der Waals surface area contributed by atoms with E-state index in [1.54, 1.807) is 6.92 Å². The fourth-order valence-corrected chi connectivity index (χ4v) is 2.04. The molecule has 0 bridgehead atoms. The van der Waals surface area contributed by atoms with Gasteiger partial charge in [-0.05, 0) is 19.8 Å². The molecule has 1 aliphatic rings. The van der Waals surface area contributed by atoms with Crippen LogP contribution in [0.3, 0.4) is 0 Å². The number of rotatable bonds is 4. The number of aryl methyl sites for hydroxylation is 1. The number of hydrogen-bond acceptors (Lipinski definition) is 5. The zero-order valence-electron chi connectivity index (χ0n) is 10.9. The Labute approximate surface area is 111 Å². The third-order valence-corrected chi connectivity index (χ3v) is 3.04. The molecule has 6 nitrogen and oxygen atoms in total. The fourth-order valence-electron chi connectivity index (χ4n) is 2.04. The van der Waals surface area contributed by atoms with E-state index in [9.17, 15) is 9.59 Å². The lowest BCUT2D eigenvalue weighted by Gasteiger charge is -2.11. The number of amides is 1. The van der Waals surface area contributed by atoms with E-state index < -0.39 is 5.97 Å². The Morgan fingerprint density at radius 3 is 2.68 bits per heavy atom. The average Bonchev–Trinajstić information content (AvgIpc) is 2.89. The minimum Gasteiger partial charge on any atom is -0.451 e. The molecule has 0 unspecified atom stereocenters. The summed E-state index contributed by atoms with van der Waals surface area (Å²) in [6.07, 6.45) is 7.11. The van der Waals surface area contributed by atoms with Gasteiger partial charge in [0, 0.05) is 12.2 Å². The maximum absolute atomic E-state index is 11.6. The van der Waals surface area contributed by atoms with E-state index in [0.29, 0.717) is 0 Å². The summed E-state index contributed by atoms with van der Waals surface area (Å²) < 4.78 is 4.89. The molecule has 1 N–H and O–H groups in total. The quantitative estimate of drug-likeness (QED) is 0.820. The van der Waals surface area contributed by atoms with E-state index in [1.807, 2.05) is 0 Å². The van der Waals surface area contributed by atoms with Crippen LogP contribution in [0.1, 0.15) is 41.9 Å². The molecule has 0 atom stereocenters. The van der Waals surface area contributed by atoms with Gasteiger partial charge in [0.15, 0.2) is 12.3 Å². The van der Waals surface area contributed by atoms with Crippen LogP contribution in [0.5, 0.6) is 0 Å². The Balaban J connectivity index is 1.76. The maximum Gasteiger partial charge on any atom is 0.359 e. The Morgan fingerprint density at radius 1 is 1.32 bits per heavy atom. The van der Waals surface area contributed by atoms with Gasteiger partial charge in [0.1, 0.15) is 0 Å². The zero-order chi connectivity index (χ0) is 13.7. The molecule has 0 aliphatic heterocycles. The third-order valence-electron chi connectivity index (χ3n) is 3.04. The molecule has 1 aromatic heterocycles. The number of ether oxygens (including phenoxy) is 1. The Kier molecular flexibility index (Phi) is 4.43.